The van der Waals surface area contributed by atoms with Crippen LogP contribution in [0, 0.1) is 5.92 Å². The van der Waals surface area contributed by atoms with Crippen LogP contribution in [0.15, 0.2) is 78.9 Å². The van der Waals surface area contributed by atoms with Gasteiger partial charge >= 0.3 is 0 Å². The van der Waals surface area contributed by atoms with E-state index in [0.29, 0.717) is 24.4 Å². The maximum atomic E-state index is 13.4. The Labute approximate surface area is 211 Å². The summed E-state index contributed by atoms with van der Waals surface area (Å²) in [4.78, 5) is 30.8. The van der Waals surface area contributed by atoms with Gasteiger partial charge in [0.2, 0.25) is 5.91 Å². The predicted octanol–water partition coefficient (Wildman–Crippen LogP) is 4.94. The quantitative estimate of drug-likeness (QED) is 0.535. The molecule has 2 heterocycles. The first-order valence-corrected chi connectivity index (χ1v) is 12.7. The van der Waals surface area contributed by atoms with Crippen LogP contribution in [0.1, 0.15) is 34.3 Å². The number of fused-ring (bicyclic) bond motifs is 1. The number of likely N-dealkylation sites (tertiary alicyclic amines) is 1. The fraction of sp³-hybridized carbons (Fsp3) is 0.310. The number of para-hydroxylation sites is 1. The highest BCUT2D eigenvalue weighted by Gasteiger charge is 2.38. The maximum Gasteiger partial charge on any atom is 0.259 e. The van der Waals surface area contributed by atoms with Crippen LogP contribution in [0.25, 0.3) is 0 Å². The third kappa shape index (κ3) is 5.42. The van der Waals surface area contributed by atoms with Gasteiger partial charge in [0, 0.05) is 35.8 Å². The normalized spacial score (nSPS) is 18.3. The van der Waals surface area contributed by atoms with E-state index in [1.165, 1.54) is 5.56 Å². The fourth-order valence-electron chi connectivity index (χ4n) is 5.13. The Morgan fingerprint density at radius 1 is 0.886 bits per heavy atom. The second-order valence-electron chi connectivity index (χ2n) is 9.48. The molecule has 1 saturated heterocycles. The molecule has 3 aromatic rings. The highest BCUT2D eigenvalue weighted by atomic mass is 35.5. The fourth-order valence-corrected chi connectivity index (χ4v) is 5.25. The van der Waals surface area contributed by atoms with Crippen molar-refractivity contribution >= 4 is 29.1 Å². The highest BCUT2D eigenvalue weighted by molar-refractivity contribution is 6.30. The molecule has 0 radical (unpaired) electrons. The lowest BCUT2D eigenvalue weighted by molar-refractivity contribution is -0.122. The van der Waals surface area contributed by atoms with Crippen LogP contribution < -0.4 is 10.2 Å². The topological polar surface area (TPSA) is 52.7 Å². The Morgan fingerprint density at radius 3 is 2.31 bits per heavy atom. The monoisotopic (exact) mass is 487 g/mol. The van der Waals surface area contributed by atoms with Crippen molar-refractivity contribution in [3.8, 4) is 0 Å². The lowest BCUT2D eigenvalue weighted by Gasteiger charge is -2.32. The summed E-state index contributed by atoms with van der Waals surface area (Å²) in [6.07, 6.45) is 2.64. The largest absolute Gasteiger partial charge is 0.354 e. The maximum absolute atomic E-state index is 13.4. The van der Waals surface area contributed by atoms with Gasteiger partial charge in [0.15, 0.2) is 0 Å². The summed E-state index contributed by atoms with van der Waals surface area (Å²) >= 11 is 5.99. The molecule has 0 aromatic heterocycles. The Hall–Kier alpha value is -3.15. The number of anilines is 1. The van der Waals surface area contributed by atoms with Crippen molar-refractivity contribution in [2.75, 3.05) is 24.5 Å². The van der Waals surface area contributed by atoms with Crippen LogP contribution in [-0.2, 0) is 17.8 Å². The van der Waals surface area contributed by atoms with E-state index in [1.807, 2.05) is 54.6 Å². The molecule has 0 bridgehead atoms. The zero-order chi connectivity index (χ0) is 24.2. The number of rotatable bonds is 6. The lowest BCUT2D eigenvalue weighted by Crippen LogP contribution is -2.49. The molecule has 5 nitrogen and oxygen atoms in total. The van der Waals surface area contributed by atoms with Gasteiger partial charge in [-0.15, -0.1) is 0 Å². The average Bonchev–Trinajstić information content (AvgIpc) is 3.29. The van der Waals surface area contributed by atoms with Crippen LogP contribution in [0.2, 0.25) is 5.02 Å². The number of piperidine rings is 1. The first-order valence-electron chi connectivity index (χ1n) is 12.3. The van der Waals surface area contributed by atoms with Gasteiger partial charge in [-0.3, -0.25) is 19.4 Å². The van der Waals surface area contributed by atoms with Crippen molar-refractivity contribution in [3.05, 3.63) is 101 Å². The van der Waals surface area contributed by atoms with E-state index in [-0.39, 0.29) is 11.8 Å². The number of carbonyl (C=O) groups excluding carboxylic acids is 2. The molecule has 2 aliphatic rings. The van der Waals surface area contributed by atoms with Crippen LogP contribution in [0.4, 0.5) is 5.69 Å². The van der Waals surface area contributed by atoms with E-state index >= 15 is 0 Å². The highest BCUT2D eigenvalue weighted by Crippen LogP contribution is 2.33. The molecule has 1 N–H and O–H groups in total. The van der Waals surface area contributed by atoms with Crippen LogP contribution in [-0.4, -0.2) is 42.4 Å². The van der Waals surface area contributed by atoms with E-state index in [2.05, 4.69) is 22.3 Å². The molecule has 35 heavy (non-hydrogen) atoms. The molecule has 0 saturated carbocycles. The molecule has 1 atom stereocenters. The summed E-state index contributed by atoms with van der Waals surface area (Å²) < 4.78 is 0. The standard InChI is InChI=1S/C29H30ClN3O2/c30-25-12-10-22(11-13-25)20-32-16-14-21(15-17-32)19-31-28(34)27-18-24-8-4-5-9-26(24)33(27)29(35)23-6-2-1-3-7-23/h1-13,21,27H,14-20H2,(H,31,34)/t27-/m1/s1. The van der Waals surface area contributed by atoms with Crippen molar-refractivity contribution in [2.45, 2.75) is 31.8 Å². The third-order valence-electron chi connectivity index (χ3n) is 7.11. The van der Waals surface area contributed by atoms with Crippen molar-refractivity contribution in [2.24, 2.45) is 5.92 Å². The van der Waals surface area contributed by atoms with E-state index < -0.39 is 6.04 Å². The number of nitrogens with one attached hydrogen (secondary N) is 1. The predicted molar refractivity (Wildman–Crippen MR) is 140 cm³/mol. The van der Waals surface area contributed by atoms with Gasteiger partial charge in [0.05, 0.1) is 0 Å². The Morgan fingerprint density at radius 2 is 1.57 bits per heavy atom. The van der Waals surface area contributed by atoms with Crippen LogP contribution in [0.5, 0.6) is 0 Å². The summed E-state index contributed by atoms with van der Waals surface area (Å²) in [5.41, 5.74) is 3.73. The lowest BCUT2D eigenvalue weighted by atomic mass is 9.96. The first kappa shape index (κ1) is 23.6. The Bertz CT molecular complexity index is 1170. The number of hydrogen-bond acceptors (Lipinski definition) is 3. The zero-order valence-corrected chi connectivity index (χ0v) is 20.5. The zero-order valence-electron chi connectivity index (χ0n) is 19.7. The molecule has 0 aliphatic carbocycles. The second kappa shape index (κ2) is 10.6. The minimum atomic E-state index is -0.523. The number of hydrogen-bond donors (Lipinski definition) is 1. The Balaban J connectivity index is 1.18. The molecule has 2 amide bonds. The molecule has 3 aromatic carbocycles. The molecule has 6 heteroatoms. The number of nitrogens with zero attached hydrogens (tertiary/aromatic N) is 2. The number of carbonyl (C=O) groups is 2. The molecular formula is C29H30ClN3O2. The summed E-state index contributed by atoms with van der Waals surface area (Å²) in [6.45, 7) is 3.59. The van der Waals surface area contributed by atoms with E-state index in [4.69, 9.17) is 11.6 Å². The Kier molecular flexibility index (Phi) is 7.16. The molecule has 5 rings (SSSR count). The third-order valence-corrected chi connectivity index (χ3v) is 7.36. The minimum Gasteiger partial charge on any atom is -0.354 e. The van der Waals surface area contributed by atoms with Gasteiger partial charge in [-0.1, -0.05) is 60.1 Å². The molecule has 180 valence electrons. The average molecular weight is 488 g/mol. The summed E-state index contributed by atoms with van der Waals surface area (Å²) in [7, 11) is 0. The summed E-state index contributed by atoms with van der Waals surface area (Å²) in [5.74, 6) is 0.239. The first-order chi connectivity index (χ1) is 17.1. The number of amides is 2. The number of halogens is 1. The van der Waals surface area contributed by atoms with Crippen molar-refractivity contribution in [1.29, 1.82) is 0 Å². The smallest absolute Gasteiger partial charge is 0.259 e. The van der Waals surface area contributed by atoms with Gasteiger partial charge < -0.3 is 5.32 Å². The minimum absolute atomic E-state index is 0.0749. The van der Waals surface area contributed by atoms with Gasteiger partial charge in [0.1, 0.15) is 6.04 Å². The van der Waals surface area contributed by atoms with Gasteiger partial charge in [-0.25, -0.2) is 0 Å². The van der Waals surface area contributed by atoms with E-state index in [1.54, 1.807) is 17.0 Å². The van der Waals surface area contributed by atoms with E-state index in [0.717, 1.165) is 48.7 Å². The van der Waals surface area contributed by atoms with Crippen molar-refractivity contribution in [3.63, 3.8) is 0 Å². The second-order valence-corrected chi connectivity index (χ2v) is 9.92. The molecule has 0 spiro atoms. The summed E-state index contributed by atoms with van der Waals surface area (Å²) in [6, 6.07) is 24.5. The SMILES string of the molecule is O=C(NCC1CCN(Cc2ccc(Cl)cc2)CC1)[C@H]1Cc2ccccc2N1C(=O)c1ccccc1. The molecule has 1 fully saturated rings. The molecule has 2 aliphatic heterocycles. The van der Waals surface area contributed by atoms with E-state index in [9.17, 15) is 9.59 Å². The van der Waals surface area contributed by atoms with Crippen molar-refractivity contribution in [1.82, 2.24) is 10.2 Å². The van der Waals surface area contributed by atoms with Gasteiger partial charge in [0.25, 0.3) is 5.91 Å². The van der Waals surface area contributed by atoms with Gasteiger partial charge in [-0.05, 0) is 73.3 Å². The molecular weight excluding hydrogens is 458 g/mol. The molecule has 0 unspecified atom stereocenters. The number of benzene rings is 3. The van der Waals surface area contributed by atoms with Crippen molar-refractivity contribution < 1.29 is 9.59 Å². The van der Waals surface area contributed by atoms with Crippen LogP contribution >= 0.6 is 11.6 Å². The summed E-state index contributed by atoms with van der Waals surface area (Å²) in [5, 5.41) is 3.93. The van der Waals surface area contributed by atoms with Gasteiger partial charge in [-0.2, -0.15) is 0 Å². The van der Waals surface area contributed by atoms with Crippen LogP contribution in [0.3, 0.4) is 0 Å².